The summed E-state index contributed by atoms with van der Waals surface area (Å²) in [6, 6.07) is 0. The van der Waals surface area contributed by atoms with Gasteiger partial charge < -0.3 is 0 Å². The number of hydrogen-bond acceptors (Lipinski definition) is 0. The molecule has 0 aliphatic heterocycles. The van der Waals surface area contributed by atoms with Crippen LogP contribution in [0.3, 0.4) is 0 Å². The van der Waals surface area contributed by atoms with E-state index in [4.69, 9.17) is 23.2 Å². The fourth-order valence-electron chi connectivity index (χ4n) is 2.37. The molecule has 0 nitrogen and oxygen atoms in total. The van der Waals surface area contributed by atoms with E-state index in [2.05, 4.69) is 13.8 Å². The van der Waals surface area contributed by atoms with Gasteiger partial charge in [0.15, 0.2) is 0 Å². The van der Waals surface area contributed by atoms with Crippen LogP contribution in [0.15, 0.2) is 0 Å². The van der Waals surface area contributed by atoms with Crippen molar-refractivity contribution in [1.82, 2.24) is 0 Å². The smallest absolute Gasteiger partial charge is 0.0226 e. The number of rotatable bonds is 4. The minimum Gasteiger partial charge on any atom is -0.127 e. The van der Waals surface area contributed by atoms with Crippen LogP contribution >= 0.6 is 23.2 Å². The van der Waals surface area contributed by atoms with Gasteiger partial charge in [0.25, 0.3) is 0 Å². The van der Waals surface area contributed by atoms with Gasteiger partial charge in [-0.2, -0.15) is 0 Å². The van der Waals surface area contributed by atoms with E-state index in [-0.39, 0.29) is 0 Å². The molecule has 1 rings (SSSR count). The molecule has 1 aliphatic carbocycles. The van der Waals surface area contributed by atoms with Gasteiger partial charge in [-0.05, 0) is 36.5 Å². The standard InChI is InChI=1S/C10H18Cl2/c1-10(2)8(3-5-11)7-9(10)4-6-12/h8-9H,3-7H2,1-2H3. The maximum Gasteiger partial charge on any atom is 0.0226 e. The first-order valence-corrected chi connectivity index (χ1v) is 5.81. The first-order chi connectivity index (χ1) is 5.62. The van der Waals surface area contributed by atoms with Gasteiger partial charge in [0.1, 0.15) is 0 Å². The quantitative estimate of drug-likeness (QED) is 0.616. The Bertz CT molecular complexity index is 129. The summed E-state index contributed by atoms with van der Waals surface area (Å²) < 4.78 is 0. The molecule has 0 aromatic carbocycles. The van der Waals surface area contributed by atoms with Crippen LogP contribution in [-0.2, 0) is 0 Å². The third-order valence-corrected chi connectivity index (χ3v) is 4.03. The van der Waals surface area contributed by atoms with E-state index in [1.54, 1.807) is 0 Å². The topological polar surface area (TPSA) is 0 Å². The molecule has 2 unspecified atom stereocenters. The van der Waals surface area contributed by atoms with Gasteiger partial charge in [-0.1, -0.05) is 13.8 Å². The fraction of sp³-hybridized carbons (Fsp3) is 1.00. The number of alkyl halides is 2. The third-order valence-electron chi connectivity index (χ3n) is 3.59. The van der Waals surface area contributed by atoms with Crippen molar-refractivity contribution >= 4 is 23.2 Å². The van der Waals surface area contributed by atoms with E-state index in [1.165, 1.54) is 19.3 Å². The van der Waals surface area contributed by atoms with Gasteiger partial charge in [-0.25, -0.2) is 0 Å². The summed E-state index contributed by atoms with van der Waals surface area (Å²) in [5.41, 5.74) is 0.490. The van der Waals surface area contributed by atoms with Crippen LogP contribution in [0, 0.1) is 17.3 Å². The summed E-state index contributed by atoms with van der Waals surface area (Å²) >= 11 is 11.5. The molecule has 0 spiro atoms. The molecule has 0 aromatic heterocycles. The minimum absolute atomic E-state index is 0.490. The number of hydrogen-bond donors (Lipinski definition) is 0. The second-order valence-electron chi connectivity index (χ2n) is 4.41. The summed E-state index contributed by atoms with van der Waals surface area (Å²) in [4.78, 5) is 0. The molecule has 0 N–H and O–H groups in total. The molecular weight excluding hydrogens is 191 g/mol. The van der Waals surface area contributed by atoms with Crippen LogP contribution in [0.5, 0.6) is 0 Å². The summed E-state index contributed by atoms with van der Waals surface area (Å²) in [5, 5.41) is 0. The molecular formula is C10H18Cl2. The Labute approximate surface area is 85.6 Å². The van der Waals surface area contributed by atoms with Crippen molar-refractivity contribution in [2.24, 2.45) is 17.3 Å². The van der Waals surface area contributed by atoms with Gasteiger partial charge in [-0.15, -0.1) is 23.2 Å². The molecule has 12 heavy (non-hydrogen) atoms. The van der Waals surface area contributed by atoms with Gasteiger partial charge in [0.05, 0.1) is 0 Å². The highest BCUT2D eigenvalue weighted by Gasteiger charge is 2.46. The summed E-state index contributed by atoms with van der Waals surface area (Å²) in [6.45, 7) is 4.70. The van der Waals surface area contributed by atoms with Crippen molar-refractivity contribution in [3.63, 3.8) is 0 Å². The maximum atomic E-state index is 5.74. The monoisotopic (exact) mass is 208 g/mol. The molecule has 1 saturated carbocycles. The summed E-state index contributed by atoms with van der Waals surface area (Å²) in [7, 11) is 0. The van der Waals surface area contributed by atoms with Crippen LogP contribution in [0.2, 0.25) is 0 Å². The normalized spacial score (nSPS) is 33.0. The highest BCUT2D eigenvalue weighted by Crippen LogP contribution is 2.54. The van der Waals surface area contributed by atoms with Crippen molar-refractivity contribution < 1.29 is 0 Å². The van der Waals surface area contributed by atoms with Crippen LogP contribution in [-0.4, -0.2) is 11.8 Å². The van der Waals surface area contributed by atoms with E-state index < -0.39 is 0 Å². The third kappa shape index (κ3) is 1.90. The second-order valence-corrected chi connectivity index (χ2v) is 5.16. The van der Waals surface area contributed by atoms with Crippen molar-refractivity contribution in [1.29, 1.82) is 0 Å². The predicted octanol–water partition coefficient (Wildman–Crippen LogP) is 3.91. The molecule has 0 heterocycles. The Kier molecular flexibility index (Phi) is 3.73. The molecule has 0 saturated heterocycles. The largest absolute Gasteiger partial charge is 0.127 e. The molecule has 0 radical (unpaired) electrons. The predicted molar refractivity (Wildman–Crippen MR) is 56.1 cm³/mol. The van der Waals surface area contributed by atoms with Crippen LogP contribution in [0.4, 0.5) is 0 Å². The Morgan fingerprint density at radius 2 is 1.50 bits per heavy atom. The first kappa shape index (κ1) is 10.7. The highest BCUT2D eigenvalue weighted by atomic mass is 35.5. The zero-order valence-corrected chi connectivity index (χ0v) is 9.46. The Balaban J connectivity index is 2.36. The fourth-order valence-corrected chi connectivity index (χ4v) is 2.89. The van der Waals surface area contributed by atoms with E-state index >= 15 is 0 Å². The molecule has 0 amide bonds. The Morgan fingerprint density at radius 3 is 1.75 bits per heavy atom. The van der Waals surface area contributed by atoms with E-state index in [9.17, 15) is 0 Å². The molecule has 1 aliphatic rings. The molecule has 72 valence electrons. The van der Waals surface area contributed by atoms with Crippen LogP contribution < -0.4 is 0 Å². The zero-order valence-electron chi connectivity index (χ0n) is 7.95. The zero-order chi connectivity index (χ0) is 9.19. The Hall–Kier alpha value is 0.580. The molecule has 0 aromatic rings. The van der Waals surface area contributed by atoms with E-state index in [1.807, 2.05) is 0 Å². The van der Waals surface area contributed by atoms with Gasteiger partial charge in [-0.3, -0.25) is 0 Å². The second kappa shape index (κ2) is 4.19. The van der Waals surface area contributed by atoms with Gasteiger partial charge in [0, 0.05) is 11.8 Å². The Morgan fingerprint density at radius 1 is 1.08 bits per heavy atom. The first-order valence-electron chi connectivity index (χ1n) is 4.74. The van der Waals surface area contributed by atoms with Crippen molar-refractivity contribution in [3.05, 3.63) is 0 Å². The van der Waals surface area contributed by atoms with Crippen molar-refractivity contribution in [3.8, 4) is 0 Å². The lowest BCUT2D eigenvalue weighted by Crippen LogP contribution is -2.45. The maximum absolute atomic E-state index is 5.74. The molecule has 2 atom stereocenters. The summed E-state index contributed by atoms with van der Waals surface area (Å²) in [5.74, 6) is 3.29. The highest BCUT2D eigenvalue weighted by molar-refractivity contribution is 6.18. The lowest BCUT2D eigenvalue weighted by atomic mass is 9.53. The average Bonchev–Trinajstić information content (AvgIpc) is 2.03. The van der Waals surface area contributed by atoms with Crippen LogP contribution in [0.25, 0.3) is 0 Å². The van der Waals surface area contributed by atoms with E-state index in [0.29, 0.717) is 5.41 Å². The SMILES string of the molecule is CC1(C)C(CCCl)CC1CCCl. The molecule has 1 fully saturated rings. The lowest BCUT2D eigenvalue weighted by Gasteiger charge is -2.52. The lowest BCUT2D eigenvalue weighted by molar-refractivity contribution is -0.0232. The summed E-state index contributed by atoms with van der Waals surface area (Å²) in [6.07, 6.45) is 3.69. The average molecular weight is 209 g/mol. The van der Waals surface area contributed by atoms with E-state index in [0.717, 1.165) is 23.6 Å². The molecule has 0 bridgehead atoms. The molecule has 2 heteroatoms. The van der Waals surface area contributed by atoms with Crippen molar-refractivity contribution in [2.45, 2.75) is 33.1 Å². The minimum atomic E-state index is 0.490. The van der Waals surface area contributed by atoms with Crippen molar-refractivity contribution in [2.75, 3.05) is 11.8 Å². The number of halogens is 2. The van der Waals surface area contributed by atoms with Gasteiger partial charge in [0.2, 0.25) is 0 Å². The van der Waals surface area contributed by atoms with Gasteiger partial charge >= 0.3 is 0 Å². The van der Waals surface area contributed by atoms with Crippen LogP contribution in [0.1, 0.15) is 33.1 Å².